The molecule has 0 radical (unpaired) electrons. The summed E-state index contributed by atoms with van der Waals surface area (Å²) in [4.78, 5) is 25.1. The monoisotopic (exact) mass is 242 g/mol. The van der Waals surface area contributed by atoms with Crippen molar-refractivity contribution >= 4 is 29.0 Å². The van der Waals surface area contributed by atoms with Crippen LogP contribution in [0.3, 0.4) is 0 Å². The van der Waals surface area contributed by atoms with E-state index in [1.807, 2.05) is 0 Å². The summed E-state index contributed by atoms with van der Waals surface area (Å²) in [5.74, 6) is -0.0596. The summed E-state index contributed by atoms with van der Waals surface area (Å²) >= 11 is 4.76. The van der Waals surface area contributed by atoms with Crippen LogP contribution in [-0.2, 0) is 9.59 Å². The quantitative estimate of drug-likeness (QED) is 0.449. The number of hydrogen-bond acceptors (Lipinski definition) is 3. The number of nitrogens with zero attached hydrogens (tertiary/aromatic N) is 1. The average molecular weight is 242 g/mol. The van der Waals surface area contributed by atoms with Crippen molar-refractivity contribution in [2.75, 3.05) is 6.54 Å². The van der Waals surface area contributed by atoms with E-state index in [0.717, 1.165) is 25.7 Å². The predicted molar refractivity (Wildman–Crippen MR) is 65.8 cm³/mol. The number of carbonyl (C=O) groups excluding carboxylic acids is 2. The van der Waals surface area contributed by atoms with Crippen molar-refractivity contribution in [1.82, 2.24) is 4.90 Å². The van der Waals surface area contributed by atoms with Gasteiger partial charge in [0.15, 0.2) is 0 Å². The van der Waals surface area contributed by atoms with E-state index in [1.54, 1.807) is 0 Å². The molecule has 1 fully saturated rings. The molecule has 2 N–H and O–H groups in total. The van der Waals surface area contributed by atoms with Crippen LogP contribution >= 0.6 is 12.2 Å². The molecule has 0 aromatic heterocycles. The van der Waals surface area contributed by atoms with E-state index in [2.05, 4.69) is 0 Å². The first kappa shape index (κ1) is 13.1. The minimum Gasteiger partial charge on any atom is -0.393 e. The lowest BCUT2D eigenvalue weighted by Crippen LogP contribution is -2.35. The van der Waals surface area contributed by atoms with Crippen LogP contribution in [0.2, 0.25) is 0 Å². The van der Waals surface area contributed by atoms with E-state index >= 15 is 0 Å². The molecule has 0 aromatic carbocycles. The van der Waals surface area contributed by atoms with Gasteiger partial charge in [0.1, 0.15) is 0 Å². The Hall–Kier alpha value is -0.970. The molecule has 1 aliphatic heterocycles. The lowest BCUT2D eigenvalue weighted by molar-refractivity contribution is -0.143. The SMILES string of the molecule is NC(=S)CCCCN1C(=O)CCCCC1=O. The van der Waals surface area contributed by atoms with Crippen LogP contribution < -0.4 is 5.73 Å². The average Bonchev–Trinajstić information content (AvgIpc) is 2.37. The van der Waals surface area contributed by atoms with Gasteiger partial charge in [-0.25, -0.2) is 0 Å². The van der Waals surface area contributed by atoms with Crippen LogP contribution in [0.5, 0.6) is 0 Å². The van der Waals surface area contributed by atoms with Crippen molar-refractivity contribution in [2.45, 2.75) is 44.9 Å². The first-order valence-electron chi connectivity index (χ1n) is 5.73. The largest absolute Gasteiger partial charge is 0.393 e. The van der Waals surface area contributed by atoms with Gasteiger partial charge in [-0.1, -0.05) is 12.2 Å². The van der Waals surface area contributed by atoms with Gasteiger partial charge in [-0.15, -0.1) is 0 Å². The van der Waals surface area contributed by atoms with Gasteiger partial charge in [-0.3, -0.25) is 14.5 Å². The van der Waals surface area contributed by atoms with Crippen molar-refractivity contribution in [2.24, 2.45) is 5.73 Å². The van der Waals surface area contributed by atoms with Crippen molar-refractivity contribution < 1.29 is 9.59 Å². The third-order valence-electron chi connectivity index (χ3n) is 2.69. The number of carbonyl (C=O) groups is 2. The molecule has 5 heteroatoms. The zero-order valence-corrected chi connectivity index (χ0v) is 10.2. The molecule has 1 rings (SSSR count). The second-order valence-electron chi connectivity index (χ2n) is 4.07. The molecule has 0 spiro atoms. The minimum atomic E-state index is -0.0298. The molecule has 1 heterocycles. The van der Waals surface area contributed by atoms with Gasteiger partial charge in [0, 0.05) is 19.4 Å². The number of nitrogens with two attached hydrogens (primary N) is 1. The summed E-state index contributed by atoms with van der Waals surface area (Å²) in [6.07, 6.45) is 4.97. The van der Waals surface area contributed by atoms with Crippen molar-refractivity contribution in [3.8, 4) is 0 Å². The zero-order valence-electron chi connectivity index (χ0n) is 9.41. The number of imide groups is 1. The standard InChI is InChI=1S/C11H18N2O2S/c12-9(16)5-3-4-8-13-10(14)6-1-2-7-11(13)15/h1-8H2,(H2,12,16). The summed E-state index contributed by atoms with van der Waals surface area (Å²) in [6, 6.07) is 0. The van der Waals surface area contributed by atoms with Gasteiger partial charge in [0.05, 0.1) is 4.99 Å². The van der Waals surface area contributed by atoms with E-state index in [-0.39, 0.29) is 11.8 Å². The fourth-order valence-corrected chi connectivity index (χ4v) is 1.92. The molecule has 0 saturated carbocycles. The molecule has 0 aromatic rings. The first-order chi connectivity index (χ1) is 7.61. The summed E-state index contributed by atoms with van der Waals surface area (Å²) in [5.41, 5.74) is 5.38. The van der Waals surface area contributed by atoms with Gasteiger partial charge >= 0.3 is 0 Å². The first-order valence-corrected chi connectivity index (χ1v) is 6.13. The number of thiocarbonyl (C=S) groups is 1. The van der Waals surface area contributed by atoms with Crippen molar-refractivity contribution in [3.05, 3.63) is 0 Å². The third-order valence-corrected chi connectivity index (χ3v) is 2.89. The normalized spacial score (nSPS) is 17.4. The maximum atomic E-state index is 11.6. The lowest BCUT2D eigenvalue weighted by atomic mass is 10.2. The topological polar surface area (TPSA) is 63.4 Å². The van der Waals surface area contributed by atoms with Gasteiger partial charge < -0.3 is 5.73 Å². The highest BCUT2D eigenvalue weighted by Gasteiger charge is 2.22. The lowest BCUT2D eigenvalue weighted by Gasteiger charge is -2.18. The number of hydrogen-bond donors (Lipinski definition) is 1. The number of unbranched alkanes of at least 4 members (excludes halogenated alkanes) is 1. The molecular weight excluding hydrogens is 224 g/mol. The van der Waals surface area contributed by atoms with Crippen molar-refractivity contribution in [1.29, 1.82) is 0 Å². The molecule has 2 amide bonds. The Morgan fingerprint density at radius 3 is 2.25 bits per heavy atom. The molecule has 0 atom stereocenters. The summed E-state index contributed by atoms with van der Waals surface area (Å²) in [5, 5.41) is 0. The Morgan fingerprint density at radius 1 is 1.19 bits per heavy atom. The Morgan fingerprint density at radius 2 is 1.75 bits per heavy atom. The van der Waals surface area contributed by atoms with E-state index in [4.69, 9.17) is 18.0 Å². The number of amides is 2. The van der Waals surface area contributed by atoms with E-state index in [0.29, 0.717) is 30.8 Å². The highest BCUT2D eigenvalue weighted by atomic mass is 32.1. The van der Waals surface area contributed by atoms with Crippen molar-refractivity contribution in [3.63, 3.8) is 0 Å². The third kappa shape index (κ3) is 4.26. The van der Waals surface area contributed by atoms with Gasteiger partial charge in [-0.2, -0.15) is 0 Å². The zero-order chi connectivity index (χ0) is 12.0. The smallest absolute Gasteiger partial charge is 0.229 e. The summed E-state index contributed by atoms with van der Waals surface area (Å²) < 4.78 is 0. The Bertz CT molecular complexity index is 274. The molecule has 0 aliphatic carbocycles. The van der Waals surface area contributed by atoms with Crippen LogP contribution in [0.25, 0.3) is 0 Å². The molecule has 16 heavy (non-hydrogen) atoms. The van der Waals surface area contributed by atoms with Crippen LogP contribution in [0, 0.1) is 0 Å². The molecular formula is C11H18N2O2S. The second kappa shape index (κ2) is 6.58. The fraction of sp³-hybridized carbons (Fsp3) is 0.727. The molecule has 1 saturated heterocycles. The maximum Gasteiger partial charge on any atom is 0.229 e. The fourth-order valence-electron chi connectivity index (χ4n) is 1.78. The number of likely N-dealkylation sites (tertiary alicyclic amines) is 1. The second-order valence-corrected chi connectivity index (χ2v) is 4.59. The molecule has 90 valence electrons. The van der Waals surface area contributed by atoms with Crippen LogP contribution in [-0.4, -0.2) is 28.2 Å². The summed E-state index contributed by atoms with van der Waals surface area (Å²) in [6.45, 7) is 0.514. The Labute approximate surface area is 101 Å². The van der Waals surface area contributed by atoms with E-state index in [9.17, 15) is 9.59 Å². The molecule has 0 unspecified atom stereocenters. The van der Waals surface area contributed by atoms with Gasteiger partial charge in [0.25, 0.3) is 0 Å². The van der Waals surface area contributed by atoms with Crippen LogP contribution in [0.1, 0.15) is 44.9 Å². The highest BCUT2D eigenvalue weighted by Crippen LogP contribution is 2.13. The van der Waals surface area contributed by atoms with Gasteiger partial charge in [0.2, 0.25) is 11.8 Å². The molecule has 4 nitrogen and oxygen atoms in total. The van der Waals surface area contributed by atoms with E-state index in [1.165, 1.54) is 4.90 Å². The van der Waals surface area contributed by atoms with Gasteiger partial charge in [-0.05, 0) is 32.1 Å². The van der Waals surface area contributed by atoms with E-state index < -0.39 is 0 Å². The maximum absolute atomic E-state index is 11.6. The minimum absolute atomic E-state index is 0.0298. The molecule has 0 bridgehead atoms. The Kier molecular flexibility index (Phi) is 5.38. The Balaban J connectivity index is 2.34. The highest BCUT2D eigenvalue weighted by molar-refractivity contribution is 7.80. The van der Waals surface area contributed by atoms with Crippen LogP contribution in [0.15, 0.2) is 0 Å². The molecule has 1 aliphatic rings. The van der Waals surface area contributed by atoms with Crippen LogP contribution in [0.4, 0.5) is 0 Å². The number of rotatable bonds is 5. The predicted octanol–water partition coefficient (Wildman–Crippen LogP) is 1.37. The summed E-state index contributed by atoms with van der Waals surface area (Å²) in [7, 11) is 0.